The molecule has 0 bridgehead atoms. The number of likely N-dealkylation sites (tertiary alicyclic amines) is 1. The van der Waals surface area contributed by atoms with E-state index in [4.69, 9.17) is 0 Å². The van der Waals surface area contributed by atoms with Gasteiger partial charge in [0, 0.05) is 51.9 Å². The van der Waals surface area contributed by atoms with E-state index in [-0.39, 0.29) is 5.56 Å². The van der Waals surface area contributed by atoms with Crippen molar-refractivity contribution in [1.82, 2.24) is 24.5 Å². The van der Waals surface area contributed by atoms with Crippen LogP contribution in [0.4, 0.5) is 0 Å². The number of aromatic nitrogens is 2. The summed E-state index contributed by atoms with van der Waals surface area (Å²) in [5.74, 6) is 0. The molecular formula is C19H31N5O. The summed E-state index contributed by atoms with van der Waals surface area (Å²) in [6, 6.07) is 1.81. The normalized spacial score (nSPS) is 22.6. The molecule has 2 aliphatic heterocycles. The molecule has 2 fully saturated rings. The van der Waals surface area contributed by atoms with Gasteiger partial charge in [-0.1, -0.05) is 0 Å². The lowest BCUT2D eigenvalue weighted by Gasteiger charge is -2.35. The Morgan fingerprint density at radius 3 is 2.04 bits per heavy atom. The fourth-order valence-corrected chi connectivity index (χ4v) is 4.36. The molecule has 0 saturated carbocycles. The van der Waals surface area contributed by atoms with Crippen LogP contribution in [0.5, 0.6) is 0 Å². The van der Waals surface area contributed by atoms with E-state index in [9.17, 15) is 4.79 Å². The first-order valence-electron chi connectivity index (χ1n) is 10.0. The number of rotatable bonds is 6. The Balaban J connectivity index is 1.21. The number of hydrogen-bond acceptors (Lipinski definition) is 5. The lowest BCUT2D eigenvalue weighted by atomic mass is 10.2. The van der Waals surface area contributed by atoms with Crippen molar-refractivity contribution < 1.29 is 0 Å². The molecule has 1 aromatic rings. The van der Waals surface area contributed by atoms with Crippen molar-refractivity contribution in [2.45, 2.75) is 38.6 Å². The van der Waals surface area contributed by atoms with Crippen LogP contribution < -0.4 is 5.56 Å². The average Bonchev–Trinajstić information content (AvgIpc) is 3.30. The molecule has 0 radical (unpaired) electrons. The summed E-state index contributed by atoms with van der Waals surface area (Å²) >= 11 is 0. The minimum Gasteiger partial charge on any atom is -0.302 e. The highest BCUT2D eigenvalue weighted by molar-refractivity contribution is 5.22. The lowest BCUT2D eigenvalue weighted by molar-refractivity contribution is 0.118. The standard InChI is InChI=1S/C19H31N5O/c25-19-16-17-4-3-5-18(17)20-24(19)15-14-23-12-10-22(11-13-23)9-8-21-6-1-2-7-21/h16H,1-15H2. The zero-order valence-corrected chi connectivity index (χ0v) is 15.3. The van der Waals surface area contributed by atoms with E-state index in [1.807, 2.05) is 6.07 Å². The Bertz CT molecular complexity index is 629. The van der Waals surface area contributed by atoms with E-state index in [1.54, 1.807) is 4.68 Å². The second kappa shape index (κ2) is 7.98. The third-order valence-corrected chi connectivity index (χ3v) is 6.05. The molecule has 0 amide bonds. The minimum absolute atomic E-state index is 0.0740. The van der Waals surface area contributed by atoms with Crippen LogP contribution in [0.25, 0.3) is 0 Å². The zero-order chi connectivity index (χ0) is 17.1. The molecule has 6 nitrogen and oxygen atoms in total. The number of piperazine rings is 1. The maximum Gasteiger partial charge on any atom is 0.267 e. The highest BCUT2D eigenvalue weighted by Gasteiger charge is 2.19. The smallest absolute Gasteiger partial charge is 0.267 e. The van der Waals surface area contributed by atoms with Crippen molar-refractivity contribution in [3.05, 3.63) is 27.7 Å². The van der Waals surface area contributed by atoms with Crippen LogP contribution in [0.1, 0.15) is 30.5 Å². The molecule has 2 saturated heterocycles. The third kappa shape index (κ3) is 4.30. The first kappa shape index (κ1) is 17.2. The van der Waals surface area contributed by atoms with Gasteiger partial charge in [0.25, 0.3) is 5.56 Å². The molecule has 0 spiro atoms. The molecule has 1 aliphatic carbocycles. The molecular weight excluding hydrogens is 314 g/mol. The lowest BCUT2D eigenvalue weighted by Crippen LogP contribution is -2.49. The van der Waals surface area contributed by atoms with Crippen LogP contribution in [-0.4, -0.2) is 83.4 Å². The third-order valence-electron chi connectivity index (χ3n) is 6.05. The topological polar surface area (TPSA) is 44.6 Å². The van der Waals surface area contributed by atoms with Gasteiger partial charge >= 0.3 is 0 Å². The summed E-state index contributed by atoms with van der Waals surface area (Å²) < 4.78 is 1.68. The Kier molecular flexibility index (Phi) is 5.48. The highest BCUT2D eigenvalue weighted by Crippen LogP contribution is 2.17. The number of fused-ring (bicyclic) bond motifs is 1. The molecule has 3 heterocycles. The maximum absolute atomic E-state index is 12.2. The number of nitrogens with zero attached hydrogens (tertiary/aromatic N) is 5. The summed E-state index contributed by atoms with van der Waals surface area (Å²) in [7, 11) is 0. The van der Waals surface area contributed by atoms with Gasteiger partial charge in [-0.15, -0.1) is 0 Å². The fourth-order valence-electron chi connectivity index (χ4n) is 4.36. The zero-order valence-electron chi connectivity index (χ0n) is 15.3. The quantitative estimate of drug-likeness (QED) is 0.749. The Hall–Kier alpha value is -1.24. The first-order valence-corrected chi connectivity index (χ1v) is 10.0. The van der Waals surface area contributed by atoms with E-state index in [0.29, 0.717) is 0 Å². The van der Waals surface area contributed by atoms with Crippen LogP contribution >= 0.6 is 0 Å². The number of aryl methyl sites for hydroxylation is 2. The van der Waals surface area contributed by atoms with E-state index in [0.717, 1.165) is 64.2 Å². The average molecular weight is 345 g/mol. The van der Waals surface area contributed by atoms with Gasteiger partial charge in [-0.25, -0.2) is 4.68 Å². The predicted molar refractivity (Wildman–Crippen MR) is 99.1 cm³/mol. The molecule has 1 aromatic heterocycles. The summed E-state index contributed by atoms with van der Waals surface area (Å²) in [6.07, 6.45) is 5.96. The van der Waals surface area contributed by atoms with Crippen LogP contribution in [0.15, 0.2) is 10.9 Å². The molecule has 0 aromatic carbocycles. The van der Waals surface area contributed by atoms with Gasteiger partial charge in [0.05, 0.1) is 12.2 Å². The van der Waals surface area contributed by atoms with E-state index < -0.39 is 0 Å². The molecule has 25 heavy (non-hydrogen) atoms. The molecule has 0 unspecified atom stereocenters. The van der Waals surface area contributed by atoms with Gasteiger partial charge in [0.2, 0.25) is 0 Å². The summed E-state index contributed by atoms with van der Waals surface area (Å²) in [5, 5.41) is 4.59. The van der Waals surface area contributed by atoms with Crippen molar-refractivity contribution in [1.29, 1.82) is 0 Å². The monoisotopic (exact) mass is 345 g/mol. The molecule has 0 atom stereocenters. The van der Waals surface area contributed by atoms with Crippen LogP contribution in [0.2, 0.25) is 0 Å². The molecule has 4 rings (SSSR count). The first-order chi connectivity index (χ1) is 12.3. The molecule has 6 heteroatoms. The van der Waals surface area contributed by atoms with Crippen LogP contribution in [-0.2, 0) is 19.4 Å². The van der Waals surface area contributed by atoms with Gasteiger partial charge in [-0.3, -0.25) is 14.6 Å². The summed E-state index contributed by atoms with van der Waals surface area (Å²) in [5.41, 5.74) is 2.39. The van der Waals surface area contributed by atoms with E-state index in [2.05, 4.69) is 19.8 Å². The van der Waals surface area contributed by atoms with Crippen LogP contribution in [0.3, 0.4) is 0 Å². The van der Waals surface area contributed by atoms with Gasteiger partial charge < -0.3 is 4.90 Å². The van der Waals surface area contributed by atoms with Gasteiger partial charge in [0.1, 0.15) is 0 Å². The molecule has 3 aliphatic rings. The minimum atomic E-state index is 0.0740. The molecule has 0 N–H and O–H groups in total. The van der Waals surface area contributed by atoms with E-state index in [1.165, 1.54) is 44.6 Å². The van der Waals surface area contributed by atoms with E-state index >= 15 is 0 Å². The fraction of sp³-hybridized carbons (Fsp3) is 0.789. The largest absolute Gasteiger partial charge is 0.302 e. The summed E-state index contributed by atoms with van der Waals surface area (Å²) in [6.45, 7) is 11.2. The van der Waals surface area contributed by atoms with Crippen molar-refractivity contribution in [3.8, 4) is 0 Å². The maximum atomic E-state index is 12.2. The Morgan fingerprint density at radius 1 is 0.760 bits per heavy atom. The molecule has 138 valence electrons. The Labute approximate surface area is 150 Å². The highest BCUT2D eigenvalue weighted by atomic mass is 16.1. The second-order valence-corrected chi connectivity index (χ2v) is 7.76. The van der Waals surface area contributed by atoms with Crippen molar-refractivity contribution in [2.75, 3.05) is 58.9 Å². The van der Waals surface area contributed by atoms with Gasteiger partial charge in [0.15, 0.2) is 0 Å². The van der Waals surface area contributed by atoms with Gasteiger partial charge in [-0.2, -0.15) is 5.10 Å². The number of hydrogen-bond donors (Lipinski definition) is 0. The second-order valence-electron chi connectivity index (χ2n) is 7.76. The Morgan fingerprint density at radius 2 is 1.36 bits per heavy atom. The van der Waals surface area contributed by atoms with Crippen molar-refractivity contribution in [2.24, 2.45) is 0 Å². The SMILES string of the molecule is O=c1cc2c(nn1CCN1CCN(CCN3CCCC3)CC1)CCC2. The van der Waals surface area contributed by atoms with Crippen LogP contribution in [0, 0.1) is 0 Å². The van der Waals surface area contributed by atoms with Crippen molar-refractivity contribution >= 4 is 0 Å². The predicted octanol–water partition coefficient (Wildman–Crippen LogP) is 0.445. The van der Waals surface area contributed by atoms with Gasteiger partial charge in [-0.05, 0) is 50.8 Å². The van der Waals surface area contributed by atoms with Crippen molar-refractivity contribution in [3.63, 3.8) is 0 Å². The summed E-state index contributed by atoms with van der Waals surface area (Å²) in [4.78, 5) is 19.9.